The van der Waals surface area contributed by atoms with Crippen LogP contribution in [0.3, 0.4) is 0 Å². The average Bonchev–Trinajstić information content (AvgIpc) is 3.42. The SMILES string of the molecule is O=C(NCC(c1ccco1)N1CCCCC1)C1(c2cccc(F)c2)CCCC1. The highest BCUT2D eigenvalue weighted by Gasteiger charge is 2.43. The fraction of sp³-hybridized carbons (Fsp3) is 0.522. The molecule has 1 N–H and O–H groups in total. The minimum Gasteiger partial charge on any atom is -0.468 e. The van der Waals surface area contributed by atoms with E-state index >= 15 is 0 Å². The van der Waals surface area contributed by atoms with Gasteiger partial charge in [-0.1, -0.05) is 31.4 Å². The minimum atomic E-state index is -0.613. The first-order chi connectivity index (χ1) is 13.7. The fourth-order valence-corrected chi connectivity index (χ4v) is 4.89. The summed E-state index contributed by atoms with van der Waals surface area (Å²) in [4.78, 5) is 15.8. The molecule has 1 unspecified atom stereocenters. The van der Waals surface area contributed by atoms with E-state index in [0.717, 1.165) is 50.1 Å². The van der Waals surface area contributed by atoms with Crippen molar-refractivity contribution in [1.82, 2.24) is 10.2 Å². The second kappa shape index (κ2) is 8.48. The largest absolute Gasteiger partial charge is 0.468 e. The number of nitrogens with one attached hydrogen (secondary N) is 1. The number of piperidine rings is 1. The minimum absolute atomic E-state index is 0.0177. The first-order valence-corrected chi connectivity index (χ1v) is 10.5. The van der Waals surface area contributed by atoms with Gasteiger partial charge in [-0.25, -0.2) is 4.39 Å². The number of amides is 1. The Morgan fingerprint density at radius 2 is 1.89 bits per heavy atom. The maximum Gasteiger partial charge on any atom is 0.230 e. The van der Waals surface area contributed by atoms with Gasteiger partial charge in [0.25, 0.3) is 0 Å². The lowest BCUT2D eigenvalue weighted by atomic mass is 9.78. The van der Waals surface area contributed by atoms with Gasteiger partial charge in [0, 0.05) is 6.54 Å². The molecule has 0 radical (unpaired) electrons. The second-order valence-corrected chi connectivity index (χ2v) is 8.14. The normalized spacial score (nSPS) is 20.8. The third kappa shape index (κ3) is 3.86. The van der Waals surface area contributed by atoms with Gasteiger partial charge >= 0.3 is 0 Å². The number of likely N-dealkylation sites (tertiary alicyclic amines) is 1. The van der Waals surface area contributed by atoms with E-state index in [1.165, 1.54) is 31.4 Å². The summed E-state index contributed by atoms with van der Waals surface area (Å²) in [7, 11) is 0. The summed E-state index contributed by atoms with van der Waals surface area (Å²) in [5, 5.41) is 3.21. The van der Waals surface area contributed by atoms with E-state index in [4.69, 9.17) is 4.42 Å². The summed E-state index contributed by atoms with van der Waals surface area (Å²) >= 11 is 0. The zero-order valence-electron chi connectivity index (χ0n) is 16.3. The molecule has 28 heavy (non-hydrogen) atoms. The molecular formula is C23H29FN2O2. The summed E-state index contributed by atoms with van der Waals surface area (Å²) in [6.45, 7) is 2.57. The molecule has 1 amide bonds. The average molecular weight is 384 g/mol. The van der Waals surface area contributed by atoms with Crippen LogP contribution in [0.5, 0.6) is 0 Å². The van der Waals surface area contributed by atoms with Crippen LogP contribution in [0.2, 0.25) is 0 Å². The van der Waals surface area contributed by atoms with E-state index in [-0.39, 0.29) is 17.8 Å². The summed E-state index contributed by atoms with van der Waals surface area (Å²) < 4.78 is 19.5. The molecule has 2 fully saturated rings. The quantitative estimate of drug-likeness (QED) is 0.793. The monoisotopic (exact) mass is 384 g/mol. The lowest BCUT2D eigenvalue weighted by Gasteiger charge is -2.35. The van der Waals surface area contributed by atoms with E-state index in [1.54, 1.807) is 12.3 Å². The van der Waals surface area contributed by atoms with Crippen LogP contribution in [0.4, 0.5) is 4.39 Å². The van der Waals surface area contributed by atoms with Gasteiger partial charge in [-0.15, -0.1) is 0 Å². The maximum atomic E-state index is 13.8. The third-order valence-electron chi connectivity index (χ3n) is 6.43. The van der Waals surface area contributed by atoms with Crippen molar-refractivity contribution in [3.63, 3.8) is 0 Å². The van der Waals surface area contributed by atoms with Crippen molar-refractivity contribution in [2.75, 3.05) is 19.6 Å². The predicted molar refractivity (Wildman–Crippen MR) is 106 cm³/mol. The van der Waals surface area contributed by atoms with Crippen LogP contribution in [0.15, 0.2) is 47.1 Å². The van der Waals surface area contributed by atoms with Crippen molar-refractivity contribution in [3.05, 3.63) is 59.8 Å². The van der Waals surface area contributed by atoms with Crippen molar-refractivity contribution in [1.29, 1.82) is 0 Å². The highest BCUT2D eigenvalue weighted by atomic mass is 19.1. The van der Waals surface area contributed by atoms with E-state index < -0.39 is 5.41 Å². The molecule has 0 bridgehead atoms. The molecule has 4 rings (SSSR count). The van der Waals surface area contributed by atoms with Crippen LogP contribution in [-0.2, 0) is 10.2 Å². The Morgan fingerprint density at radius 3 is 2.57 bits per heavy atom. The third-order valence-corrected chi connectivity index (χ3v) is 6.43. The number of carbonyl (C=O) groups excluding carboxylic acids is 1. The van der Waals surface area contributed by atoms with Gasteiger partial charge < -0.3 is 9.73 Å². The number of furan rings is 1. The van der Waals surface area contributed by atoms with Gasteiger partial charge in [0.2, 0.25) is 5.91 Å². The van der Waals surface area contributed by atoms with Gasteiger partial charge in [0.15, 0.2) is 0 Å². The highest BCUT2D eigenvalue weighted by Crippen LogP contribution is 2.41. The molecule has 150 valence electrons. The molecule has 2 aliphatic rings. The molecule has 5 heteroatoms. The van der Waals surface area contributed by atoms with E-state index in [0.29, 0.717) is 6.54 Å². The van der Waals surface area contributed by atoms with Crippen molar-refractivity contribution < 1.29 is 13.6 Å². The van der Waals surface area contributed by atoms with Crippen LogP contribution < -0.4 is 5.32 Å². The second-order valence-electron chi connectivity index (χ2n) is 8.14. The van der Waals surface area contributed by atoms with Crippen molar-refractivity contribution in [2.45, 2.75) is 56.4 Å². The highest BCUT2D eigenvalue weighted by molar-refractivity contribution is 5.88. The predicted octanol–water partition coefficient (Wildman–Crippen LogP) is 4.57. The topological polar surface area (TPSA) is 45.5 Å². The molecule has 2 heterocycles. The Labute approximate surface area is 166 Å². The zero-order valence-corrected chi connectivity index (χ0v) is 16.3. The standard InChI is InChI=1S/C23H29FN2O2/c24-19-9-6-8-18(16-19)23(11-2-3-12-23)22(27)25-17-20(21-10-7-15-28-21)26-13-4-1-5-14-26/h6-10,15-16,20H,1-5,11-14,17H2,(H,25,27). The van der Waals surface area contributed by atoms with Gasteiger partial charge in [-0.05, 0) is 68.6 Å². The maximum absolute atomic E-state index is 13.8. The zero-order chi connectivity index (χ0) is 19.4. The molecule has 1 aliphatic heterocycles. The molecule has 4 nitrogen and oxygen atoms in total. The van der Waals surface area contributed by atoms with Crippen LogP contribution in [-0.4, -0.2) is 30.4 Å². The Balaban J connectivity index is 1.52. The van der Waals surface area contributed by atoms with Crippen LogP contribution >= 0.6 is 0 Å². The molecule has 1 aromatic heterocycles. The Morgan fingerprint density at radius 1 is 1.11 bits per heavy atom. The molecule has 1 saturated heterocycles. The summed E-state index contributed by atoms with van der Waals surface area (Å²) in [5.41, 5.74) is 0.188. The number of nitrogens with zero attached hydrogens (tertiary/aromatic N) is 1. The van der Waals surface area contributed by atoms with Crippen molar-refractivity contribution in [3.8, 4) is 0 Å². The number of benzene rings is 1. The van der Waals surface area contributed by atoms with Crippen LogP contribution in [0.25, 0.3) is 0 Å². The van der Waals surface area contributed by atoms with Crippen molar-refractivity contribution in [2.24, 2.45) is 0 Å². The summed E-state index contributed by atoms with van der Waals surface area (Å²) in [5.74, 6) is 0.635. The number of hydrogen-bond donors (Lipinski definition) is 1. The Kier molecular flexibility index (Phi) is 5.81. The Bertz CT molecular complexity index is 778. The molecule has 1 aromatic carbocycles. The van der Waals surface area contributed by atoms with Gasteiger partial charge in [-0.3, -0.25) is 9.69 Å². The van der Waals surface area contributed by atoms with E-state index in [2.05, 4.69) is 10.2 Å². The number of carbonyl (C=O) groups is 1. The number of halogens is 1. The van der Waals surface area contributed by atoms with E-state index in [9.17, 15) is 9.18 Å². The summed E-state index contributed by atoms with van der Waals surface area (Å²) in [6, 6.07) is 10.5. The van der Waals surface area contributed by atoms with Gasteiger partial charge in [0.1, 0.15) is 11.6 Å². The van der Waals surface area contributed by atoms with Crippen molar-refractivity contribution >= 4 is 5.91 Å². The molecular weight excluding hydrogens is 355 g/mol. The lowest BCUT2D eigenvalue weighted by molar-refractivity contribution is -0.127. The fourth-order valence-electron chi connectivity index (χ4n) is 4.89. The summed E-state index contributed by atoms with van der Waals surface area (Å²) in [6.07, 6.45) is 8.86. The molecule has 1 aliphatic carbocycles. The first kappa shape index (κ1) is 19.2. The van der Waals surface area contributed by atoms with Crippen LogP contribution in [0, 0.1) is 5.82 Å². The Hall–Kier alpha value is -2.14. The smallest absolute Gasteiger partial charge is 0.230 e. The van der Waals surface area contributed by atoms with Gasteiger partial charge in [0.05, 0.1) is 17.7 Å². The molecule has 1 atom stereocenters. The number of rotatable bonds is 6. The van der Waals surface area contributed by atoms with E-state index in [1.807, 2.05) is 18.2 Å². The molecule has 1 saturated carbocycles. The lowest BCUT2D eigenvalue weighted by Crippen LogP contribution is -2.47. The molecule has 2 aromatic rings. The van der Waals surface area contributed by atoms with Crippen LogP contribution in [0.1, 0.15) is 62.3 Å². The first-order valence-electron chi connectivity index (χ1n) is 10.5. The number of hydrogen-bond acceptors (Lipinski definition) is 3. The van der Waals surface area contributed by atoms with Gasteiger partial charge in [-0.2, -0.15) is 0 Å². The molecule has 0 spiro atoms.